The molecule has 3 heterocycles. The van der Waals surface area contributed by atoms with Crippen molar-refractivity contribution in [3.8, 4) is 22.4 Å². The van der Waals surface area contributed by atoms with Gasteiger partial charge >= 0.3 is 0 Å². The molecule has 0 saturated heterocycles. The van der Waals surface area contributed by atoms with E-state index in [1.807, 2.05) is 13.0 Å². The van der Waals surface area contributed by atoms with Crippen LogP contribution in [0.15, 0.2) is 53.5 Å². The molecule has 1 aliphatic carbocycles. The SMILES string of the molecule is C[C@@H]1c2nn(C)c(-c3cc(Cl)cc(C4(S(C)(=O)=O)CC4)c3)c2CCN1C(=O)c1cc(F)cc(-c2ccc(=O)[nH]c2)c1Cl. The minimum absolute atomic E-state index is 0.0133. The molecule has 0 bridgehead atoms. The molecular formula is C30H27Cl2FN4O4S. The molecule has 1 amide bonds. The minimum Gasteiger partial charge on any atom is -0.330 e. The van der Waals surface area contributed by atoms with E-state index in [0.29, 0.717) is 53.2 Å². The highest BCUT2D eigenvalue weighted by atomic mass is 35.5. The number of rotatable bonds is 5. The number of halogens is 3. The summed E-state index contributed by atoms with van der Waals surface area (Å²) in [6.07, 6.45) is 4.25. The van der Waals surface area contributed by atoms with Gasteiger partial charge in [0.25, 0.3) is 5.91 Å². The Morgan fingerprint density at radius 2 is 1.86 bits per heavy atom. The molecule has 2 aromatic carbocycles. The van der Waals surface area contributed by atoms with E-state index in [2.05, 4.69) is 4.98 Å². The second-order valence-corrected chi connectivity index (χ2v) is 14.2. The third kappa shape index (κ3) is 4.66. The van der Waals surface area contributed by atoms with Crippen molar-refractivity contribution >= 4 is 38.9 Å². The van der Waals surface area contributed by atoms with Crippen LogP contribution in [0.4, 0.5) is 4.39 Å². The summed E-state index contributed by atoms with van der Waals surface area (Å²) in [5.74, 6) is -1.07. The lowest BCUT2D eigenvalue weighted by molar-refractivity contribution is 0.0673. The predicted octanol–water partition coefficient (Wildman–Crippen LogP) is 5.68. The van der Waals surface area contributed by atoms with Crippen LogP contribution in [-0.2, 0) is 28.1 Å². The fraction of sp³-hybridized carbons (Fsp3) is 0.300. The van der Waals surface area contributed by atoms with E-state index >= 15 is 0 Å². The number of nitrogens with one attached hydrogen (secondary N) is 1. The Hall–Kier alpha value is -3.47. The summed E-state index contributed by atoms with van der Waals surface area (Å²) in [6.45, 7) is 2.18. The molecule has 0 unspecified atom stereocenters. The Balaban J connectivity index is 1.36. The van der Waals surface area contributed by atoms with Crippen LogP contribution in [0.1, 0.15) is 53.0 Å². The molecule has 42 heavy (non-hydrogen) atoms. The molecule has 1 saturated carbocycles. The van der Waals surface area contributed by atoms with E-state index in [1.165, 1.54) is 30.7 Å². The Bertz CT molecular complexity index is 1930. The average Bonchev–Trinajstić information content (AvgIpc) is 3.68. The van der Waals surface area contributed by atoms with Crippen molar-refractivity contribution in [3.63, 3.8) is 0 Å². The molecule has 0 radical (unpaired) electrons. The first-order valence-electron chi connectivity index (χ1n) is 13.4. The van der Waals surface area contributed by atoms with Crippen molar-refractivity contribution in [1.29, 1.82) is 0 Å². The summed E-state index contributed by atoms with van der Waals surface area (Å²) in [5, 5.41) is 5.27. The summed E-state index contributed by atoms with van der Waals surface area (Å²) in [7, 11) is -1.53. The Morgan fingerprint density at radius 1 is 1.12 bits per heavy atom. The highest BCUT2D eigenvalue weighted by Gasteiger charge is 2.53. The summed E-state index contributed by atoms with van der Waals surface area (Å²) in [5.41, 5.74) is 4.32. The molecule has 1 aliphatic heterocycles. The Labute approximate surface area is 252 Å². The quantitative estimate of drug-likeness (QED) is 0.306. The fourth-order valence-corrected chi connectivity index (χ4v) is 7.97. The van der Waals surface area contributed by atoms with Crippen LogP contribution in [0.5, 0.6) is 0 Å². The number of pyridine rings is 1. The number of carbonyl (C=O) groups is 1. The van der Waals surface area contributed by atoms with Crippen molar-refractivity contribution in [2.24, 2.45) is 7.05 Å². The fourth-order valence-electron chi connectivity index (χ4n) is 6.05. The number of fused-ring (bicyclic) bond motifs is 1. The second kappa shape index (κ2) is 10.1. The number of sulfone groups is 1. The molecule has 6 rings (SSSR count). The normalized spacial score (nSPS) is 17.7. The average molecular weight is 630 g/mol. The second-order valence-electron chi connectivity index (χ2n) is 11.0. The van der Waals surface area contributed by atoms with E-state index in [1.54, 1.807) is 28.8 Å². The maximum absolute atomic E-state index is 14.7. The summed E-state index contributed by atoms with van der Waals surface area (Å²) >= 11 is 13.2. The smallest absolute Gasteiger partial charge is 0.256 e. The number of benzene rings is 2. The zero-order valence-electron chi connectivity index (χ0n) is 23.0. The van der Waals surface area contributed by atoms with Gasteiger partial charge in [-0.1, -0.05) is 23.2 Å². The van der Waals surface area contributed by atoms with Crippen LogP contribution in [-0.4, -0.2) is 46.8 Å². The van der Waals surface area contributed by atoms with Gasteiger partial charge in [-0.3, -0.25) is 14.3 Å². The van der Waals surface area contributed by atoms with Gasteiger partial charge in [0.2, 0.25) is 5.56 Å². The summed E-state index contributed by atoms with van der Waals surface area (Å²) < 4.78 is 40.8. The van der Waals surface area contributed by atoms with Crippen molar-refractivity contribution in [1.82, 2.24) is 19.7 Å². The lowest BCUT2D eigenvalue weighted by Crippen LogP contribution is -2.39. The maximum Gasteiger partial charge on any atom is 0.256 e. The van der Waals surface area contributed by atoms with E-state index in [0.717, 1.165) is 22.9 Å². The molecule has 1 fully saturated rings. The van der Waals surface area contributed by atoms with Crippen LogP contribution in [0.3, 0.4) is 0 Å². The van der Waals surface area contributed by atoms with Gasteiger partial charge in [-0.15, -0.1) is 0 Å². The number of amides is 1. The molecule has 8 nitrogen and oxygen atoms in total. The van der Waals surface area contributed by atoms with Crippen molar-refractivity contribution in [2.45, 2.75) is 37.0 Å². The number of H-pyrrole nitrogens is 1. The zero-order chi connectivity index (χ0) is 30.1. The predicted molar refractivity (Wildman–Crippen MR) is 160 cm³/mol. The van der Waals surface area contributed by atoms with E-state index in [-0.39, 0.29) is 16.1 Å². The van der Waals surface area contributed by atoms with Crippen LogP contribution < -0.4 is 5.56 Å². The first-order valence-corrected chi connectivity index (χ1v) is 16.0. The molecule has 2 aliphatic rings. The third-order valence-electron chi connectivity index (χ3n) is 8.38. The van der Waals surface area contributed by atoms with Gasteiger partial charge in [-0.05, 0) is 73.7 Å². The van der Waals surface area contributed by atoms with Gasteiger partial charge in [-0.2, -0.15) is 5.10 Å². The van der Waals surface area contributed by atoms with Gasteiger partial charge in [0.15, 0.2) is 9.84 Å². The van der Waals surface area contributed by atoms with E-state index in [4.69, 9.17) is 28.3 Å². The largest absolute Gasteiger partial charge is 0.330 e. The topological polar surface area (TPSA) is 105 Å². The highest BCUT2D eigenvalue weighted by molar-refractivity contribution is 7.92. The van der Waals surface area contributed by atoms with E-state index in [9.17, 15) is 22.4 Å². The molecule has 1 atom stereocenters. The summed E-state index contributed by atoms with van der Waals surface area (Å²) in [6, 6.07) is 10.1. The number of hydrogen-bond donors (Lipinski definition) is 1. The number of nitrogens with zero attached hydrogens (tertiary/aromatic N) is 3. The lowest BCUT2D eigenvalue weighted by Gasteiger charge is -2.33. The molecule has 2 aromatic heterocycles. The van der Waals surface area contributed by atoms with Gasteiger partial charge in [0.1, 0.15) is 5.82 Å². The van der Waals surface area contributed by atoms with Gasteiger partial charge in [0, 0.05) is 53.8 Å². The van der Waals surface area contributed by atoms with Gasteiger partial charge in [0.05, 0.1) is 32.8 Å². The minimum atomic E-state index is -3.33. The molecule has 12 heteroatoms. The van der Waals surface area contributed by atoms with Gasteiger partial charge in [-0.25, -0.2) is 12.8 Å². The van der Waals surface area contributed by atoms with Crippen molar-refractivity contribution in [3.05, 3.63) is 97.3 Å². The monoisotopic (exact) mass is 628 g/mol. The van der Waals surface area contributed by atoms with Crippen molar-refractivity contribution in [2.75, 3.05) is 12.8 Å². The Kier molecular flexibility index (Phi) is 6.87. The number of hydrogen-bond acceptors (Lipinski definition) is 5. The zero-order valence-corrected chi connectivity index (χ0v) is 25.4. The first-order chi connectivity index (χ1) is 19.8. The molecular weight excluding hydrogens is 602 g/mol. The van der Waals surface area contributed by atoms with Crippen LogP contribution in [0, 0.1) is 5.82 Å². The summed E-state index contributed by atoms with van der Waals surface area (Å²) in [4.78, 5) is 29.5. The van der Waals surface area contributed by atoms with Crippen molar-refractivity contribution < 1.29 is 17.6 Å². The molecule has 218 valence electrons. The van der Waals surface area contributed by atoms with Gasteiger partial charge < -0.3 is 9.88 Å². The standard InChI is InChI=1S/C30H27Cl2FN4O4S/c1-16-27-22(28(36(2)35-27)18-10-19(12-20(31)11-18)30(7-8-30)42(3,40)41)6-9-37(16)29(39)24-14-21(33)13-23(26(24)32)17-4-5-25(38)34-15-17/h4-5,10-16H,6-9H2,1-3H3,(H,34,38)/t16-/m1/s1. The first kappa shape index (κ1) is 28.6. The number of aromatic nitrogens is 3. The lowest BCUT2D eigenvalue weighted by atomic mass is 9.93. The highest BCUT2D eigenvalue weighted by Crippen LogP contribution is 2.53. The number of aromatic amines is 1. The molecule has 4 aromatic rings. The maximum atomic E-state index is 14.7. The number of carbonyl (C=O) groups excluding carboxylic acids is 1. The van der Waals surface area contributed by atoms with Crippen LogP contribution in [0.2, 0.25) is 10.0 Å². The van der Waals surface area contributed by atoms with E-state index < -0.39 is 32.4 Å². The Morgan fingerprint density at radius 3 is 2.50 bits per heavy atom. The number of aryl methyl sites for hydroxylation is 1. The third-order valence-corrected chi connectivity index (χ3v) is 11.1. The van der Waals surface area contributed by atoms with Crippen LogP contribution in [0.25, 0.3) is 22.4 Å². The molecule has 1 N–H and O–H groups in total. The van der Waals surface area contributed by atoms with Crippen LogP contribution >= 0.6 is 23.2 Å². The molecule has 0 spiro atoms.